The predicted octanol–water partition coefficient (Wildman–Crippen LogP) is 2.38. The normalized spacial score (nSPS) is 10.2. The van der Waals surface area contributed by atoms with Crippen molar-refractivity contribution < 1.29 is 0 Å². The van der Waals surface area contributed by atoms with Crippen molar-refractivity contribution >= 4 is 23.5 Å². The van der Waals surface area contributed by atoms with Crippen molar-refractivity contribution in [1.82, 2.24) is 9.97 Å². The Hall–Kier alpha value is -0.970. The zero-order valence-electron chi connectivity index (χ0n) is 10.2. The summed E-state index contributed by atoms with van der Waals surface area (Å²) in [5, 5.41) is 6.45. The van der Waals surface area contributed by atoms with Crippen LogP contribution < -0.4 is 10.6 Å². The number of nitrogens with zero attached hydrogens (tertiary/aromatic N) is 2. The minimum Gasteiger partial charge on any atom is -0.370 e. The van der Waals surface area contributed by atoms with Gasteiger partial charge in [0.15, 0.2) is 0 Å². The molecule has 0 spiro atoms. The van der Waals surface area contributed by atoms with E-state index >= 15 is 0 Å². The molecule has 1 aromatic heterocycles. The highest BCUT2D eigenvalue weighted by Crippen LogP contribution is 2.12. The summed E-state index contributed by atoms with van der Waals surface area (Å²) in [7, 11) is 0. The molecule has 16 heavy (non-hydrogen) atoms. The summed E-state index contributed by atoms with van der Waals surface area (Å²) in [5.74, 6) is 2.81. The maximum absolute atomic E-state index is 4.42. The van der Waals surface area contributed by atoms with E-state index in [1.165, 1.54) is 5.75 Å². The van der Waals surface area contributed by atoms with Crippen LogP contribution in [0.1, 0.15) is 18.9 Å². The minimum atomic E-state index is 0.695. The number of nitrogens with one attached hydrogen (secondary N) is 2. The van der Waals surface area contributed by atoms with Crippen molar-refractivity contribution in [2.24, 2.45) is 0 Å². The molecule has 0 aliphatic heterocycles. The number of anilines is 2. The van der Waals surface area contributed by atoms with Gasteiger partial charge in [0.2, 0.25) is 5.95 Å². The lowest BCUT2D eigenvalue weighted by molar-refractivity contribution is 0.967. The number of thioether (sulfide) groups is 1. The van der Waals surface area contributed by atoms with Crippen LogP contribution in [0.4, 0.5) is 11.8 Å². The quantitative estimate of drug-likeness (QED) is 0.717. The van der Waals surface area contributed by atoms with Crippen LogP contribution in [0.3, 0.4) is 0 Å². The Labute approximate surface area is 102 Å². The van der Waals surface area contributed by atoms with Gasteiger partial charge in [-0.05, 0) is 32.3 Å². The monoisotopic (exact) mass is 240 g/mol. The molecule has 4 nitrogen and oxygen atoms in total. The molecule has 0 aromatic carbocycles. The van der Waals surface area contributed by atoms with Gasteiger partial charge in [-0.25, -0.2) is 4.98 Å². The van der Waals surface area contributed by atoms with Gasteiger partial charge in [0.25, 0.3) is 0 Å². The largest absolute Gasteiger partial charge is 0.370 e. The van der Waals surface area contributed by atoms with Crippen LogP contribution in [0.25, 0.3) is 0 Å². The number of aryl methyl sites for hydroxylation is 1. The minimum absolute atomic E-state index is 0.695. The van der Waals surface area contributed by atoms with Crippen molar-refractivity contribution in [2.75, 3.05) is 35.7 Å². The molecular weight excluding hydrogens is 220 g/mol. The Bertz CT molecular complexity index is 317. The number of hydrogen-bond acceptors (Lipinski definition) is 5. The van der Waals surface area contributed by atoms with Gasteiger partial charge in [0.1, 0.15) is 5.82 Å². The molecule has 1 rings (SSSR count). The molecule has 0 atom stereocenters. The zero-order valence-corrected chi connectivity index (χ0v) is 11.0. The summed E-state index contributed by atoms with van der Waals surface area (Å²) in [6.45, 7) is 5.86. The Morgan fingerprint density at radius 2 is 2.19 bits per heavy atom. The second-order valence-electron chi connectivity index (χ2n) is 3.53. The van der Waals surface area contributed by atoms with E-state index in [4.69, 9.17) is 0 Å². The standard InChI is InChI=1S/C11H20N4S/c1-4-12-11-14-8-9(2)10(15-11)13-6-5-7-16-3/h8H,4-7H2,1-3H3,(H2,12,13,14,15). The predicted molar refractivity (Wildman–Crippen MR) is 72.4 cm³/mol. The number of aromatic nitrogens is 2. The topological polar surface area (TPSA) is 49.8 Å². The average Bonchev–Trinajstić information content (AvgIpc) is 2.29. The van der Waals surface area contributed by atoms with Gasteiger partial charge in [-0.2, -0.15) is 16.7 Å². The van der Waals surface area contributed by atoms with E-state index in [1.54, 1.807) is 0 Å². The third-order valence-corrected chi connectivity index (χ3v) is 2.82. The lowest BCUT2D eigenvalue weighted by atomic mass is 10.3. The van der Waals surface area contributed by atoms with Crippen LogP contribution in [0.2, 0.25) is 0 Å². The highest BCUT2D eigenvalue weighted by molar-refractivity contribution is 7.98. The second-order valence-corrected chi connectivity index (χ2v) is 4.51. The SMILES string of the molecule is CCNc1ncc(C)c(NCCCSC)n1. The molecule has 5 heteroatoms. The van der Waals surface area contributed by atoms with E-state index in [1.807, 2.05) is 31.8 Å². The van der Waals surface area contributed by atoms with Gasteiger partial charge >= 0.3 is 0 Å². The number of hydrogen-bond donors (Lipinski definition) is 2. The van der Waals surface area contributed by atoms with Gasteiger partial charge < -0.3 is 10.6 Å². The van der Waals surface area contributed by atoms with E-state index in [9.17, 15) is 0 Å². The number of rotatable bonds is 7. The molecular formula is C11H20N4S. The lowest BCUT2D eigenvalue weighted by Gasteiger charge is -2.09. The van der Waals surface area contributed by atoms with Crippen molar-refractivity contribution in [3.8, 4) is 0 Å². The summed E-state index contributed by atoms with van der Waals surface area (Å²) in [6, 6.07) is 0. The Kier molecular flexibility index (Phi) is 6.00. The molecule has 0 radical (unpaired) electrons. The zero-order chi connectivity index (χ0) is 11.8. The van der Waals surface area contributed by atoms with E-state index in [0.29, 0.717) is 5.95 Å². The summed E-state index contributed by atoms with van der Waals surface area (Å²) < 4.78 is 0. The second kappa shape index (κ2) is 7.33. The van der Waals surface area contributed by atoms with E-state index < -0.39 is 0 Å². The first-order valence-corrected chi connectivity index (χ1v) is 6.97. The molecule has 90 valence electrons. The molecule has 0 saturated heterocycles. The van der Waals surface area contributed by atoms with Crippen LogP contribution in [0.15, 0.2) is 6.20 Å². The van der Waals surface area contributed by atoms with E-state index in [2.05, 4.69) is 26.9 Å². The van der Waals surface area contributed by atoms with Crippen LogP contribution in [-0.4, -0.2) is 35.1 Å². The maximum atomic E-state index is 4.42. The third kappa shape index (κ3) is 4.26. The first kappa shape index (κ1) is 13.1. The smallest absolute Gasteiger partial charge is 0.224 e. The molecule has 0 saturated carbocycles. The third-order valence-electron chi connectivity index (χ3n) is 2.12. The summed E-state index contributed by atoms with van der Waals surface area (Å²) in [5.41, 5.74) is 1.09. The van der Waals surface area contributed by atoms with Gasteiger partial charge in [-0.1, -0.05) is 0 Å². The van der Waals surface area contributed by atoms with E-state index in [0.717, 1.165) is 30.9 Å². The molecule has 0 fully saturated rings. The summed E-state index contributed by atoms with van der Waals surface area (Å²) in [4.78, 5) is 8.63. The first-order chi connectivity index (χ1) is 7.77. The average molecular weight is 240 g/mol. The van der Waals surface area contributed by atoms with Gasteiger partial charge in [0, 0.05) is 24.8 Å². The summed E-state index contributed by atoms with van der Waals surface area (Å²) >= 11 is 1.87. The van der Waals surface area contributed by atoms with Crippen LogP contribution in [0.5, 0.6) is 0 Å². The van der Waals surface area contributed by atoms with Gasteiger partial charge in [-0.3, -0.25) is 0 Å². The van der Waals surface area contributed by atoms with Crippen LogP contribution >= 0.6 is 11.8 Å². The van der Waals surface area contributed by atoms with Gasteiger partial charge in [0.05, 0.1) is 0 Å². The van der Waals surface area contributed by atoms with Crippen LogP contribution in [-0.2, 0) is 0 Å². The van der Waals surface area contributed by atoms with E-state index in [-0.39, 0.29) is 0 Å². The Morgan fingerprint density at radius 3 is 2.88 bits per heavy atom. The molecule has 1 aromatic rings. The summed E-state index contributed by atoms with van der Waals surface area (Å²) in [6.07, 6.45) is 5.13. The molecule has 0 bridgehead atoms. The molecule has 0 aliphatic carbocycles. The maximum Gasteiger partial charge on any atom is 0.224 e. The van der Waals surface area contributed by atoms with Crippen molar-refractivity contribution in [2.45, 2.75) is 20.3 Å². The van der Waals surface area contributed by atoms with Crippen molar-refractivity contribution in [1.29, 1.82) is 0 Å². The fraction of sp³-hybridized carbons (Fsp3) is 0.636. The molecule has 2 N–H and O–H groups in total. The fourth-order valence-corrected chi connectivity index (χ4v) is 1.72. The van der Waals surface area contributed by atoms with Crippen molar-refractivity contribution in [3.63, 3.8) is 0 Å². The molecule has 0 unspecified atom stereocenters. The Balaban J connectivity index is 2.52. The van der Waals surface area contributed by atoms with Crippen molar-refractivity contribution in [3.05, 3.63) is 11.8 Å². The molecule has 0 amide bonds. The highest BCUT2D eigenvalue weighted by atomic mass is 32.2. The van der Waals surface area contributed by atoms with Gasteiger partial charge in [-0.15, -0.1) is 0 Å². The Morgan fingerprint density at radius 1 is 1.38 bits per heavy atom. The molecule has 0 aliphatic rings. The molecule has 1 heterocycles. The van der Waals surface area contributed by atoms with Crippen LogP contribution in [0, 0.1) is 6.92 Å². The lowest BCUT2D eigenvalue weighted by Crippen LogP contribution is -2.09. The highest BCUT2D eigenvalue weighted by Gasteiger charge is 2.02. The first-order valence-electron chi connectivity index (χ1n) is 5.58. The fourth-order valence-electron chi connectivity index (χ4n) is 1.29.